The zero-order valence-corrected chi connectivity index (χ0v) is 26.4. The summed E-state index contributed by atoms with van der Waals surface area (Å²) in [5.74, 6) is -0.313. The van der Waals surface area contributed by atoms with Gasteiger partial charge in [0.2, 0.25) is 17.7 Å². The monoisotopic (exact) mass is 633 g/mol. The highest BCUT2D eigenvalue weighted by molar-refractivity contribution is 5.76. The van der Waals surface area contributed by atoms with Gasteiger partial charge in [0.15, 0.2) is 12.6 Å². The number of hydrogen-bond acceptors (Lipinski definition) is 11. The Morgan fingerprint density at radius 3 is 2.05 bits per heavy atom. The van der Waals surface area contributed by atoms with Gasteiger partial charge in [-0.2, -0.15) is 0 Å². The lowest BCUT2D eigenvalue weighted by Gasteiger charge is -2.44. The lowest BCUT2D eigenvalue weighted by atomic mass is 9.97. The highest BCUT2D eigenvalue weighted by atomic mass is 16.7. The van der Waals surface area contributed by atoms with Crippen molar-refractivity contribution in [2.45, 2.75) is 147 Å². The van der Waals surface area contributed by atoms with Crippen LogP contribution >= 0.6 is 0 Å². The molecule has 2 aliphatic heterocycles. The van der Waals surface area contributed by atoms with E-state index in [9.17, 15) is 34.8 Å². The van der Waals surface area contributed by atoms with E-state index in [-0.39, 0.29) is 18.4 Å². The van der Waals surface area contributed by atoms with E-state index in [1.807, 2.05) is 6.92 Å². The first-order chi connectivity index (χ1) is 21.0. The predicted molar refractivity (Wildman–Crippen MR) is 159 cm³/mol. The molecule has 44 heavy (non-hydrogen) atoms. The summed E-state index contributed by atoms with van der Waals surface area (Å²) in [5.41, 5.74) is 0. The first-order valence-corrected chi connectivity index (χ1v) is 16.1. The summed E-state index contributed by atoms with van der Waals surface area (Å²) >= 11 is 0. The van der Waals surface area contributed by atoms with Crippen LogP contribution in [0.3, 0.4) is 0 Å². The molecular formula is C30H55N3O11. The van der Waals surface area contributed by atoms with Gasteiger partial charge in [-0.05, 0) is 32.6 Å². The maximum absolute atomic E-state index is 12.0. The van der Waals surface area contributed by atoms with Crippen LogP contribution in [-0.4, -0.2) is 120 Å². The number of ether oxygens (including phenoxy) is 4. The molecule has 0 spiro atoms. The molecule has 9 unspecified atom stereocenters. The van der Waals surface area contributed by atoms with Crippen molar-refractivity contribution >= 4 is 17.7 Å². The van der Waals surface area contributed by atoms with Crippen LogP contribution in [0.1, 0.15) is 91.4 Å². The van der Waals surface area contributed by atoms with Crippen LogP contribution in [0, 0.1) is 0 Å². The van der Waals surface area contributed by atoms with Crippen molar-refractivity contribution in [1.82, 2.24) is 16.0 Å². The molecule has 0 radical (unpaired) electrons. The molecule has 0 saturated carbocycles. The Morgan fingerprint density at radius 2 is 1.39 bits per heavy atom. The second kappa shape index (κ2) is 21.0. The molecule has 0 aromatic rings. The standard InChI is InChI=1S/C30H55N3O11/c1-4-22(35)31-15-11-7-5-6-10-14-23(36)32-16-12-8-9-13-17-41-30-28(40)26(38)21(18-42-30)44-29-24(33-20(3)34)27(39)25(37)19(2)43-29/h19,21,24-30,37-40H,4-18H2,1-3H3,(H,31,35)(H,32,36)(H,33,34). The van der Waals surface area contributed by atoms with E-state index in [2.05, 4.69) is 16.0 Å². The minimum atomic E-state index is -1.40. The fourth-order valence-corrected chi connectivity index (χ4v) is 5.13. The normalized spacial score (nSPS) is 30.5. The molecule has 14 heteroatoms. The van der Waals surface area contributed by atoms with Crippen molar-refractivity contribution < 1.29 is 53.8 Å². The van der Waals surface area contributed by atoms with Gasteiger partial charge in [0.25, 0.3) is 0 Å². The topological polar surface area (TPSA) is 205 Å². The number of carbonyl (C=O) groups excluding carboxylic acids is 3. The highest BCUT2D eigenvalue weighted by Gasteiger charge is 2.47. The summed E-state index contributed by atoms with van der Waals surface area (Å²) in [6, 6.07) is -1.08. The quantitative estimate of drug-likeness (QED) is 0.0888. The van der Waals surface area contributed by atoms with Crippen LogP contribution in [0.2, 0.25) is 0 Å². The summed E-state index contributed by atoms with van der Waals surface area (Å²) in [6.07, 6.45) is -0.130. The third-order valence-electron chi connectivity index (χ3n) is 7.85. The predicted octanol–water partition coefficient (Wildman–Crippen LogP) is -0.0190. The zero-order valence-electron chi connectivity index (χ0n) is 26.4. The molecule has 2 rings (SSSR count). The third-order valence-corrected chi connectivity index (χ3v) is 7.85. The maximum atomic E-state index is 12.0. The summed E-state index contributed by atoms with van der Waals surface area (Å²) in [6.45, 7) is 6.16. The van der Waals surface area contributed by atoms with Gasteiger partial charge in [0.05, 0.1) is 12.7 Å². The first-order valence-electron chi connectivity index (χ1n) is 16.1. The summed E-state index contributed by atoms with van der Waals surface area (Å²) < 4.78 is 22.6. The number of aliphatic hydroxyl groups excluding tert-OH is 4. The van der Waals surface area contributed by atoms with E-state index in [1.54, 1.807) is 6.92 Å². The number of hydrogen-bond donors (Lipinski definition) is 7. The van der Waals surface area contributed by atoms with Crippen LogP contribution in [0.5, 0.6) is 0 Å². The smallest absolute Gasteiger partial charge is 0.219 e. The minimum Gasteiger partial charge on any atom is -0.388 e. The first kappa shape index (κ1) is 38.3. The molecule has 2 saturated heterocycles. The average molecular weight is 634 g/mol. The Kier molecular flexibility index (Phi) is 18.3. The van der Waals surface area contributed by atoms with Gasteiger partial charge in [-0.1, -0.05) is 39.0 Å². The summed E-state index contributed by atoms with van der Waals surface area (Å²) in [5, 5.41) is 50.0. The van der Waals surface area contributed by atoms with Gasteiger partial charge in [-0.15, -0.1) is 0 Å². The van der Waals surface area contributed by atoms with Crippen molar-refractivity contribution in [2.24, 2.45) is 0 Å². The van der Waals surface area contributed by atoms with E-state index in [4.69, 9.17) is 18.9 Å². The molecule has 2 heterocycles. The molecule has 9 atom stereocenters. The molecule has 0 aromatic heterocycles. The van der Waals surface area contributed by atoms with Gasteiger partial charge >= 0.3 is 0 Å². The zero-order chi connectivity index (χ0) is 32.5. The Hall–Kier alpha value is -1.91. The third kappa shape index (κ3) is 13.6. The molecule has 2 aliphatic rings. The van der Waals surface area contributed by atoms with E-state index >= 15 is 0 Å². The fourth-order valence-electron chi connectivity index (χ4n) is 5.13. The summed E-state index contributed by atoms with van der Waals surface area (Å²) in [7, 11) is 0. The Morgan fingerprint density at radius 1 is 0.773 bits per heavy atom. The Labute approximate surface area is 260 Å². The number of unbranched alkanes of at least 4 members (excludes halogenated alkanes) is 7. The largest absolute Gasteiger partial charge is 0.388 e. The molecule has 3 amide bonds. The van der Waals surface area contributed by atoms with Crippen molar-refractivity contribution in [3.63, 3.8) is 0 Å². The van der Waals surface area contributed by atoms with E-state index in [0.29, 0.717) is 39.0 Å². The second-order valence-corrected chi connectivity index (χ2v) is 11.6. The Bertz CT molecular complexity index is 851. The molecule has 7 N–H and O–H groups in total. The number of aliphatic hydroxyl groups is 4. The van der Waals surface area contributed by atoms with Crippen molar-refractivity contribution in [1.29, 1.82) is 0 Å². The van der Waals surface area contributed by atoms with Crippen molar-refractivity contribution in [2.75, 3.05) is 26.3 Å². The average Bonchev–Trinajstić information content (AvgIpc) is 2.99. The SMILES string of the molecule is CCC(=O)NCCCCCCCC(=O)NCCCCCCOC1OCC(OC2OC(C)C(O)C(O)C2NC(C)=O)C(O)C1O. The fraction of sp³-hybridized carbons (Fsp3) is 0.900. The number of nitrogens with one attached hydrogen (secondary N) is 3. The number of rotatable bonds is 20. The molecule has 256 valence electrons. The molecule has 2 fully saturated rings. The van der Waals surface area contributed by atoms with Gasteiger partial charge in [-0.25, -0.2) is 0 Å². The highest BCUT2D eigenvalue weighted by Crippen LogP contribution is 2.27. The molecule has 14 nitrogen and oxygen atoms in total. The van der Waals surface area contributed by atoms with Gasteiger partial charge in [0.1, 0.15) is 36.6 Å². The molecule has 0 aliphatic carbocycles. The van der Waals surface area contributed by atoms with Crippen LogP contribution in [0.15, 0.2) is 0 Å². The van der Waals surface area contributed by atoms with Gasteiger partial charge in [-0.3, -0.25) is 14.4 Å². The van der Waals surface area contributed by atoms with Crippen LogP contribution in [0.25, 0.3) is 0 Å². The van der Waals surface area contributed by atoms with Crippen LogP contribution in [-0.2, 0) is 33.3 Å². The second-order valence-electron chi connectivity index (χ2n) is 11.6. The van der Waals surface area contributed by atoms with Gasteiger partial charge < -0.3 is 55.3 Å². The molecule has 0 bridgehead atoms. The van der Waals surface area contributed by atoms with Crippen LogP contribution < -0.4 is 16.0 Å². The maximum Gasteiger partial charge on any atom is 0.219 e. The van der Waals surface area contributed by atoms with Gasteiger partial charge in [0, 0.05) is 39.5 Å². The Balaban J connectivity index is 1.53. The van der Waals surface area contributed by atoms with E-state index in [1.165, 1.54) is 6.92 Å². The minimum absolute atomic E-state index is 0.0665. The summed E-state index contributed by atoms with van der Waals surface area (Å²) in [4.78, 5) is 34.8. The van der Waals surface area contributed by atoms with Crippen molar-refractivity contribution in [3.8, 4) is 0 Å². The van der Waals surface area contributed by atoms with E-state index < -0.39 is 61.2 Å². The van der Waals surface area contributed by atoms with E-state index in [0.717, 1.165) is 51.4 Å². The molecule has 0 aromatic carbocycles. The lowest BCUT2D eigenvalue weighted by Crippen LogP contribution is -2.65. The van der Waals surface area contributed by atoms with Crippen LogP contribution in [0.4, 0.5) is 0 Å². The number of amides is 3. The van der Waals surface area contributed by atoms with Crippen molar-refractivity contribution in [3.05, 3.63) is 0 Å². The molecular weight excluding hydrogens is 578 g/mol. The lowest BCUT2D eigenvalue weighted by molar-refractivity contribution is -0.323. The number of carbonyl (C=O) groups is 3.